The van der Waals surface area contributed by atoms with Crippen molar-refractivity contribution >= 4 is 27.5 Å². The molecule has 0 bridgehead atoms. The fourth-order valence-corrected chi connectivity index (χ4v) is 5.64. The van der Waals surface area contributed by atoms with E-state index >= 15 is 0 Å². The van der Waals surface area contributed by atoms with Crippen LogP contribution in [-0.4, -0.2) is 57.5 Å². The summed E-state index contributed by atoms with van der Waals surface area (Å²) in [4.78, 5) is 28.2. The number of benzene rings is 3. The number of methoxy groups -OCH3 is 2. The number of nitrogens with zero attached hydrogens (tertiary/aromatic N) is 2. The van der Waals surface area contributed by atoms with Gasteiger partial charge in [-0.05, 0) is 65.0 Å². The fraction of sp³-hybridized carbons (Fsp3) is 0.355. The molecule has 0 aromatic heterocycles. The van der Waals surface area contributed by atoms with Crippen molar-refractivity contribution in [2.24, 2.45) is 0 Å². The Labute approximate surface area is 247 Å². The van der Waals surface area contributed by atoms with E-state index in [0.29, 0.717) is 5.75 Å². The molecule has 0 aliphatic carbocycles. The summed E-state index contributed by atoms with van der Waals surface area (Å²) in [5, 5.41) is 2.84. The third-order valence-electron chi connectivity index (χ3n) is 6.51. The van der Waals surface area contributed by atoms with Gasteiger partial charge in [0.05, 0.1) is 24.8 Å². The zero-order chi connectivity index (χ0) is 31.2. The molecule has 11 heteroatoms. The lowest BCUT2D eigenvalue weighted by molar-refractivity contribution is -0.140. The summed E-state index contributed by atoms with van der Waals surface area (Å²) in [5.41, 5.74) is 0.720. The van der Waals surface area contributed by atoms with E-state index in [0.717, 1.165) is 9.87 Å². The molecule has 42 heavy (non-hydrogen) atoms. The summed E-state index contributed by atoms with van der Waals surface area (Å²) in [6, 6.07) is 15.7. The fourth-order valence-electron chi connectivity index (χ4n) is 4.21. The van der Waals surface area contributed by atoms with Crippen molar-refractivity contribution in [2.75, 3.05) is 25.1 Å². The maximum absolute atomic E-state index is 14.7. The molecule has 1 N–H and O–H groups in total. The van der Waals surface area contributed by atoms with Gasteiger partial charge >= 0.3 is 0 Å². The van der Waals surface area contributed by atoms with Crippen molar-refractivity contribution in [1.29, 1.82) is 0 Å². The molecule has 9 nitrogen and oxygen atoms in total. The van der Waals surface area contributed by atoms with Gasteiger partial charge in [-0.2, -0.15) is 0 Å². The molecule has 0 spiro atoms. The molecule has 1 atom stereocenters. The summed E-state index contributed by atoms with van der Waals surface area (Å²) in [7, 11) is -1.51. The van der Waals surface area contributed by atoms with Crippen molar-refractivity contribution in [3.63, 3.8) is 0 Å². The highest BCUT2D eigenvalue weighted by Gasteiger charge is 2.34. The molecule has 0 saturated heterocycles. The van der Waals surface area contributed by atoms with E-state index in [9.17, 15) is 22.4 Å². The normalized spacial score (nSPS) is 12.3. The van der Waals surface area contributed by atoms with E-state index in [2.05, 4.69) is 5.32 Å². The number of sulfonamides is 1. The molecule has 0 aliphatic rings. The highest BCUT2D eigenvalue weighted by atomic mass is 32.2. The Balaban J connectivity index is 2.09. The SMILES string of the molecule is COc1ccc(S(=O)(=O)N(CC(=O)N(Cc2ccccc2F)[C@H](C)C(=O)NC(C)(C)C)c2ccc(C)cc2)cc1OC. The van der Waals surface area contributed by atoms with E-state index in [-0.39, 0.29) is 28.4 Å². The number of hydrogen-bond acceptors (Lipinski definition) is 6. The standard InChI is InChI=1S/C31H38FN3O6S/c1-21-12-14-24(15-13-21)35(42(38,39)25-16-17-27(40-6)28(18-25)41-7)20-29(36)34(19-23-10-8-9-11-26(23)32)22(2)30(37)33-31(3,4)5/h8-18,22H,19-20H2,1-7H3,(H,33,37)/t22-/m1/s1. The molecule has 3 rings (SSSR count). The molecule has 226 valence electrons. The Hall–Kier alpha value is -4.12. The van der Waals surface area contributed by atoms with Gasteiger partial charge in [0, 0.05) is 23.7 Å². The zero-order valence-electron chi connectivity index (χ0n) is 25.0. The van der Waals surface area contributed by atoms with Gasteiger partial charge in [0.15, 0.2) is 11.5 Å². The van der Waals surface area contributed by atoms with Crippen LogP contribution in [0.3, 0.4) is 0 Å². The lowest BCUT2D eigenvalue weighted by Gasteiger charge is -2.33. The van der Waals surface area contributed by atoms with Gasteiger partial charge < -0.3 is 19.7 Å². The van der Waals surface area contributed by atoms with Crippen molar-refractivity contribution in [3.05, 3.63) is 83.7 Å². The number of nitrogens with one attached hydrogen (secondary N) is 1. The number of hydrogen-bond donors (Lipinski definition) is 1. The number of halogens is 1. The Bertz CT molecular complexity index is 1520. The predicted octanol–water partition coefficient (Wildman–Crippen LogP) is 4.68. The smallest absolute Gasteiger partial charge is 0.264 e. The third-order valence-corrected chi connectivity index (χ3v) is 8.28. The van der Waals surface area contributed by atoms with Crippen LogP contribution in [0.2, 0.25) is 0 Å². The van der Waals surface area contributed by atoms with Crippen molar-refractivity contribution < 1.29 is 31.9 Å². The maximum Gasteiger partial charge on any atom is 0.264 e. The van der Waals surface area contributed by atoms with Gasteiger partial charge in [0.1, 0.15) is 18.4 Å². The van der Waals surface area contributed by atoms with Crippen LogP contribution < -0.4 is 19.1 Å². The van der Waals surface area contributed by atoms with Crippen LogP contribution in [0.5, 0.6) is 11.5 Å². The van der Waals surface area contributed by atoms with Crippen LogP contribution in [0.15, 0.2) is 71.6 Å². The summed E-state index contributed by atoms with van der Waals surface area (Å²) in [6.45, 7) is 7.89. The Morgan fingerprint density at radius 1 is 0.952 bits per heavy atom. The number of rotatable bonds is 11. The maximum atomic E-state index is 14.7. The van der Waals surface area contributed by atoms with E-state index in [1.54, 1.807) is 51.1 Å². The molecular weight excluding hydrogens is 561 g/mol. The van der Waals surface area contributed by atoms with Gasteiger partial charge in [-0.25, -0.2) is 12.8 Å². The minimum absolute atomic E-state index is 0.132. The molecule has 0 unspecified atom stereocenters. The molecule has 3 aromatic rings. The highest BCUT2D eigenvalue weighted by Crippen LogP contribution is 2.32. The second-order valence-corrected chi connectivity index (χ2v) is 12.8. The number of anilines is 1. The first kappa shape index (κ1) is 32.4. The minimum Gasteiger partial charge on any atom is -0.493 e. The third kappa shape index (κ3) is 7.79. The van der Waals surface area contributed by atoms with Crippen molar-refractivity contribution in [1.82, 2.24) is 10.2 Å². The average molecular weight is 600 g/mol. The number of carbonyl (C=O) groups is 2. The van der Waals surface area contributed by atoms with Crippen LogP contribution in [0.25, 0.3) is 0 Å². The number of aryl methyl sites for hydroxylation is 1. The lowest BCUT2D eigenvalue weighted by Crippen LogP contribution is -2.54. The molecule has 0 fully saturated rings. The molecule has 0 heterocycles. The lowest BCUT2D eigenvalue weighted by atomic mass is 10.1. The largest absolute Gasteiger partial charge is 0.493 e. The van der Waals surface area contributed by atoms with E-state index in [4.69, 9.17) is 9.47 Å². The van der Waals surface area contributed by atoms with Crippen molar-refractivity contribution in [3.8, 4) is 11.5 Å². The average Bonchev–Trinajstić information content (AvgIpc) is 2.94. The van der Waals surface area contributed by atoms with Crippen LogP contribution in [0.4, 0.5) is 10.1 Å². The van der Waals surface area contributed by atoms with Gasteiger partial charge in [-0.15, -0.1) is 0 Å². The van der Waals surface area contributed by atoms with E-state index in [1.165, 1.54) is 62.4 Å². The Morgan fingerprint density at radius 3 is 2.14 bits per heavy atom. The second kappa shape index (κ2) is 13.2. The number of amides is 2. The van der Waals surface area contributed by atoms with E-state index < -0.39 is 45.8 Å². The Kier molecular flexibility index (Phi) is 10.2. The van der Waals surface area contributed by atoms with Crippen LogP contribution in [0.1, 0.15) is 38.8 Å². The molecule has 3 aromatic carbocycles. The first-order valence-electron chi connectivity index (χ1n) is 13.3. The first-order chi connectivity index (χ1) is 19.7. The molecule has 0 saturated carbocycles. The minimum atomic E-state index is -4.33. The van der Waals surface area contributed by atoms with Crippen LogP contribution in [0, 0.1) is 12.7 Å². The topological polar surface area (TPSA) is 105 Å². The quantitative estimate of drug-likeness (QED) is 0.343. The molecular formula is C31H38FN3O6S. The number of carbonyl (C=O) groups excluding carboxylic acids is 2. The number of ether oxygens (including phenoxy) is 2. The van der Waals surface area contributed by atoms with Gasteiger partial charge in [-0.3, -0.25) is 13.9 Å². The van der Waals surface area contributed by atoms with Gasteiger partial charge in [0.25, 0.3) is 10.0 Å². The van der Waals surface area contributed by atoms with Crippen molar-refractivity contribution in [2.45, 2.75) is 57.6 Å². The summed E-state index contributed by atoms with van der Waals surface area (Å²) >= 11 is 0. The highest BCUT2D eigenvalue weighted by molar-refractivity contribution is 7.92. The van der Waals surface area contributed by atoms with Crippen LogP contribution >= 0.6 is 0 Å². The Morgan fingerprint density at radius 2 is 1.57 bits per heavy atom. The van der Waals surface area contributed by atoms with Gasteiger partial charge in [0.2, 0.25) is 11.8 Å². The molecule has 2 amide bonds. The summed E-state index contributed by atoms with van der Waals surface area (Å²) < 4.78 is 54.3. The van der Waals surface area contributed by atoms with Crippen LogP contribution in [-0.2, 0) is 26.2 Å². The predicted molar refractivity (Wildman–Crippen MR) is 160 cm³/mol. The molecule has 0 aliphatic heterocycles. The first-order valence-corrected chi connectivity index (χ1v) is 14.8. The molecule has 0 radical (unpaired) electrons. The summed E-state index contributed by atoms with van der Waals surface area (Å²) in [6.07, 6.45) is 0. The van der Waals surface area contributed by atoms with Gasteiger partial charge in [-0.1, -0.05) is 35.9 Å². The monoisotopic (exact) mass is 599 g/mol. The second-order valence-electron chi connectivity index (χ2n) is 10.9. The zero-order valence-corrected chi connectivity index (χ0v) is 25.8. The summed E-state index contributed by atoms with van der Waals surface area (Å²) in [5.74, 6) is -1.17. The van der Waals surface area contributed by atoms with E-state index in [1.807, 2.05) is 6.92 Å².